The Labute approximate surface area is 250 Å². The molecule has 0 saturated carbocycles. The number of halogens is 2. The number of hydrogen-bond donors (Lipinski definition) is 2. The maximum absolute atomic E-state index is 12.3. The zero-order valence-electron chi connectivity index (χ0n) is 22.9. The monoisotopic (exact) mass is 599 g/mol. The Morgan fingerprint density at radius 1 is 1.07 bits per heavy atom. The Morgan fingerprint density at radius 2 is 1.90 bits per heavy atom. The van der Waals surface area contributed by atoms with Gasteiger partial charge < -0.3 is 25.2 Å². The molecule has 1 unspecified atom stereocenters. The minimum Gasteiger partial charge on any atom is -0.494 e. The number of ether oxygens (including phenoxy) is 1. The molecule has 0 aliphatic carbocycles. The highest BCUT2D eigenvalue weighted by Crippen LogP contribution is 2.35. The van der Waals surface area contributed by atoms with Gasteiger partial charge in [0.15, 0.2) is 0 Å². The lowest BCUT2D eigenvalue weighted by molar-refractivity contribution is -0.131. The van der Waals surface area contributed by atoms with Crippen LogP contribution < -0.4 is 20.3 Å². The summed E-state index contributed by atoms with van der Waals surface area (Å²) in [6.45, 7) is 6.17. The smallest absolute Gasteiger partial charge is 0.247 e. The molecular formula is C30H35Cl2N5O4. The van der Waals surface area contributed by atoms with E-state index in [0.29, 0.717) is 35.5 Å². The average Bonchev–Trinajstić information content (AvgIpc) is 3.37. The number of fused-ring (bicyclic) bond motifs is 1. The van der Waals surface area contributed by atoms with Crippen molar-refractivity contribution in [2.45, 2.75) is 25.2 Å². The van der Waals surface area contributed by atoms with Gasteiger partial charge in [0, 0.05) is 69.4 Å². The van der Waals surface area contributed by atoms with Crippen molar-refractivity contribution >= 4 is 52.3 Å². The zero-order chi connectivity index (χ0) is 28.8. The number of unbranched alkanes of at least 4 members (excludes halogenated alkanes) is 1. The Balaban J connectivity index is 1.02. The Morgan fingerprint density at radius 3 is 2.68 bits per heavy atom. The van der Waals surface area contributed by atoms with Gasteiger partial charge in [-0.15, -0.1) is 0 Å². The van der Waals surface area contributed by atoms with Crippen LogP contribution in [0.5, 0.6) is 5.75 Å². The number of amides is 3. The van der Waals surface area contributed by atoms with Crippen LogP contribution in [0.2, 0.25) is 10.0 Å². The van der Waals surface area contributed by atoms with Crippen LogP contribution in [0.1, 0.15) is 30.7 Å². The van der Waals surface area contributed by atoms with E-state index < -0.39 is 0 Å². The van der Waals surface area contributed by atoms with E-state index in [0.717, 1.165) is 62.5 Å². The molecule has 0 aromatic heterocycles. The van der Waals surface area contributed by atoms with Gasteiger partial charge in [-0.05, 0) is 43.1 Å². The molecule has 11 heteroatoms. The fourth-order valence-electron chi connectivity index (χ4n) is 5.47. The van der Waals surface area contributed by atoms with Crippen molar-refractivity contribution in [1.29, 1.82) is 0 Å². The maximum atomic E-state index is 12.3. The molecular weight excluding hydrogens is 565 g/mol. The first-order chi connectivity index (χ1) is 19.9. The molecule has 3 amide bonds. The highest BCUT2D eigenvalue weighted by atomic mass is 35.5. The first-order valence-electron chi connectivity index (χ1n) is 14.1. The predicted molar refractivity (Wildman–Crippen MR) is 161 cm³/mol. The van der Waals surface area contributed by atoms with Crippen molar-refractivity contribution in [2.24, 2.45) is 0 Å². The van der Waals surface area contributed by atoms with Gasteiger partial charge in [-0.2, -0.15) is 0 Å². The second-order valence-corrected chi connectivity index (χ2v) is 11.4. The third-order valence-electron chi connectivity index (χ3n) is 7.73. The van der Waals surface area contributed by atoms with Crippen molar-refractivity contribution in [1.82, 2.24) is 15.1 Å². The van der Waals surface area contributed by atoms with Crippen molar-refractivity contribution in [3.05, 3.63) is 64.2 Å². The first kappa shape index (κ1) is 29.2. The molecule has 41 heavy (non-hydrogen) atoms. The van der Waals surface area contributed by atoms with E-state index in [-0.39, 0.29) is 36.6 Å². The van der Waals surface area contributed by atoms with Crippen LogP contribution in [-0.4, -0.2) is 86.5 Å². The summed E-state index contributed by atoms with van der Waals surface area (Å²) in [5.41, 5.74) is 2.68. The third-order valence-corrected chi connectivity index (χ3v) is 8.54. The van der Waals surface area contributed by atoms with Crippen molar-refractivity contribution < 1.29 is 19.1 Å². The SMILES string of the molecule is O=C(CN1CC=CC1=O)NCC1CC(=O)Nc2cc(OCCCCN3CCN(c4cccc(Cl)c4Cl)CC3)ccc21. The lowest BCUT2D eigenvalue weighted by atomic mass is 9.90. The normalized spacial score (nSPS) is 18.8. The number of carbonyl (C=O) groups is 3. The summed E-state index contributed by atoms with van der Waals surface area (Å²) in [5, 5.41) is 7.01. The summed E-state index contributed by atoms with van der Waals surface area (Å²) in [4.78, 5) is 42.6. The van der Waals surface area contributed by atoms with E-state index in [4.69, 9.17) is 27.9 Å². The molecule has 1 saturated heterocycles. The molecule has 2 aromatic carbocycles. The lowest BCUT2D eigenvalue weighted by Gasteiger charge is -2.36. The average molecular weight is 601 g/mol. The van der Waals surface area contributed by atoms with Gasteiger partial charge in [0.05, 0.1) is 22.3 Å². The molecule has 0 radical (unpaired) electrons. The van der Waals surface area contributed by atoms with Crippen molar-refractivity contribution in [3.8, 4) is 5.75 Å². The molecule has 3 aliphatic heterocycles. The Hall–Kier alpha value is -3.27. The highest BCUT2D eigenvalue weighted by molar-refractivity contribution is 6.43. The van der Waals surface area contributed by atoms with Gasteiger partial charge in [0.25, 0.3) is 0 Å². The van der Waals surface area contributed by atoms with Gasteiger partial charge in [-0.3, -0.25) is 19.3 Å². The van der Waals surface area contributed by atoms with Gasteiger partial charge in [0.2, 0.25) is 17.7 Å². The molecule has 3 heterocycles. The van der Waals surface area contributed by atoms with E-state index in [1.54, 1.807) is 6.08 Å². The lowest BCUT2D eigenvalue weighted by Crippen LogP contribution is -2.46. The van der Waals surface area contributed by atoms with Crippen LogP contribution in [0.3, 0.4) is 0 Å². The molecule has 0 bridgehead atoms. The summed E-state index contributed by atoms with van der Waals surface area (Å²) in [6, 6.07) is 11.5. The predicted octanol–water partition coefficient (Wildman–Crippen LogP) is 3.92. The summed E-state index contributed by atoms with van der Waals surface area (Å²) < 4.78 is 6.00. The number of carbonyl (C=O) groups excluding carboxylic acids is 3. The molecule has 2 N–H and O–H groups in total. The zero-order valence-corrected chi connectivity index (χ0v) is 24.4. The van der Waals surface area contributed by atoms with Crippen LogP contribution in [0.25, 0.3) is 0 Å². The largest absolute Gasteiger partial charge is 0.494 e. The first-order valence-corrected chi connectivity index (χ1v) is 14.8. The molecule has 1 fully saturated rings. The molecule has 3 aliphatic rings. The third kappa shape index (κ3) is 7.52. The number of anilines is 2. The number of benzene rings is 2. The standard InChI is InChI=1S/C30H35Cl2N5O4/c31-24-5-3-6-26(30(24)32)36-14-12-35(13-15-36)10-1-2-16-41-22-8-9-23-21(17-27(38)34-25(23)18-22)19-33-28(39)20-37-11-4-7-29(37)40/h3-9,18,21H,1-2,10-17,19-20H2,(H,33,39)(H,34,38). The molecule has 5 rings (SSSR count). The maximum Gasteiger partial charge on any atom is 0.247 e. The summed E-state index contributed by atoms with van der Waals surface area (Å²) in [7, 11) is 0. The van der Waals surface area contributed by atoms with Crippen LogP contribution in [-0.2, 0) is 14.4 Å². The summed E-state index contributed by atoms with van der Waals surface area (Å²) >= 11 is 12.6. The summed E-state index contributed by atoms with van der Waals surface area (Å²) in [5.74, 6) is 0.0846. The number of piperazine rings is 1. The Kier molecular flexibility index (Phi) is 9.69. The van der Waals surface area contributed by atoms with E-state index in [9.17, 15) is 14.4 Å². The van der Waals surface area contributed by atoms with E-state index in [2.05, 4.69) is 20.4 Å². The fraction of sp³-hybridized carbons (Fsp3) is 0.433. The van der Waals surface area contributed by atoms with Crippen LogP contribution in [0, 0.1) is 0 Å². The highest BCUT2D eigenvalue weighted by Gasteiger charge is 2.27. The Bertz CT molecular complexity index is 1310. The molecule has 9 nitrogen and oxygen atoms in total. The number of rotatable bonds is 11. The fourth-order valence-corrected chi connectivity index (χ4v) is 5.88. The van der Waals surface area contributed by atoms with E-state index >= 15 is 0 Å². The van der Waals surface area contributed by atoms with Crippen molar-refractivity contribution in [2.75, 3.05) is 69.2 Å². The van der Waals surface area contributed by atoms with Crippen LogP contribution >= 0.6 is 23.2 Å². The van der Waals surface area contributed by atoms with Gasteiger partial charge >= 0.3 is 0 Å². The minimum atomic E-state index is -0.234. The molecule has 218 valence electrons. The topological polar surface area (TPSA) is 94.2 Å². The van der Waals surface area contributed by atoms with E-state index in [1.165, 1.54) is 11.0 Å². The molecule has 0 spiro atoms. The van der Waals surface area contributed by atoms with Crippen LogP contribution in [0.15, 0.2) is 48.6 Å². The van der Waals surface area contributed by atoms with Crippen molar-refractivity contribution in [3.63, 3.8) is 0 Å². The number of nitrogens with one attached hydrogen (secondary N) is 2. The quantitative estimate of drug-likeness (QED) is 0.380. The van der Waals surface area contributed by atoms with Gasteiger partial charge in [0.1, 0.15) is 12.3 Å². The second-order valence-electron chi connectivity index (χ2n) is 10.6. The molecule has 2 aromatic rings. The summed E-state index contributed by atoms with van der Waals surface area (Å²) in [6.07, 6.45) is 5.45. The minimum absolute atomic E-state index is 0.0124. The number of hydrogen-bond acceptors (Lipinski definition) is 6. The van der Waals surface area contributed by atoms with Crippen LogP contribution in [0.4, 0.5) is 11.4 Å². The second kappa shape index (κ2) is 13.6. The number of nitrogens with zero attached hydrogens (tertiary/aromatic N) is 3. The van der Waals surface area contributed by atoms with Gasteiger partial charge in [-0.1, -0.05) is 41.4 Å². The van der Waals surface area contributed by atoms with E-state index in [1.807, 2.05) is 36.4 Å². The van der Waals surface area contributed by atoms with Gasteiger partial charge in [-0.25, -0.2) is 0 Å². The molecule has 1 atom stereocenters.